The Bertz CT molecular complexity index is 2940. The van der Waals surface area contributed by atoms with Gasteiger partial charge in [-0.1, -0.05) is 72.8 Å². The van der Waals surface area contributed by atoms with E-state index in [1.54, 1.807) is 0 Å². The van der Waals surface area contributed by atoms with E-state index >= 15 is 0 Å². The van der Waals surface area contributed by atoms with Crippen LogP contribution in [0.2, 0.25) is 0 Å². The first kappa shape index (κ1) is 33.3. The van der Waals surface area contributed by atoms with Crippen LogP contribution in [-0.2, 0) is 0 Å². The van der Waals surface area contributed by atoms with Gasteiger partial charge < -0.3 is 4.42 Å². The predicted octanol–water partition coefficient (Wildman–Crippen LogP) is 15.1. The summed E-state index contributed by atoms with van der Waals surface area (Å²) in [6.45, 7) is 0. The van der Waals surface area contributed by atoms with Crippen molar-refractivity contribution in [1.29, 1.82) is 0 Å². The SMILES string of the molecule is c1cnc2ccc(N(c3ccc(-c4cc5ccccc5s4)cc3)c3ccc(N(c4ccc(-c5cc6ccccc6s5)cc4)c4ccc5ncccc5c4)o3)cc2c1. The fourth-order valence-electron chi connectivity index (χ4n) is 7.57. The number of rotatable bonds is 8. The zero-order chi connectivity index (χ0) is 37.7. The van der Waals surface area contributed by atoms with Crippen LogP contribution >= 0.6 is 22.7 Å². The second kappa shape index (κ2) is 13.9. The first-order valence-corrected chi connectivity index (χ1v) is 20.4. The van der Waals surface area contributed by atoms with E-state index < -0.39 is 0 Å². The predicted molar refractivity (Wildman–Crippen MR) is 240 cm³/mol. The fraction of sp³-hybridized carbons (Fsp3) is 0. The molecule has 5 nitrogen and oxygen atoms in total. The Kier molecular flexibility index (Phi) is 8.12. The highest BCUT2D eigenvalue weighted by Crippen LogP contribution is 2.44. The number of fused-ring (bicyclic) bond motifs is 4. The molecule has 0 N–H and O–H groups in total. The van der Waals surface area contributed by atoms with E-state index in [1.807, 2.05) is 47.2 Å². The molecule has 0 spiro atoms. The minimum atomic E-state index is 0.692. The Morgan fingerprint density at radius 2 is 0.789 bits per heavy atom. The molecule has 0 radical (unpaired) electrons. The zero-order valence-electron chi connectivity index (χ0n) is 30.5. The number of benzene rings is 6. The third-order valence-corrected chi connectivity index (χ3v) is 12.7. The van der Waals surface area contributed by atoms with Crippen molar-refractivity contribution in [1.82, 2.24) is 9.97 Å². The number of hydrogen-bond donors (Lipinski definition) is 0. The summed E-state index contributed by atoms with van der Waals surface area (Å²) in [5, 5.41) is 4.63. The lowest BCUT2D eigenvalue weighted by Gasteiger charge is -2.25. The second-order valence-electron chi connectivity index (χ2n) is 13.9. The first-order valence-electron chi connectivity index (χ1n) is 18.8. The van der Waals surface area contributed by atoms with E-state index in [2.05, 4.69) is 190 Å². The van der Waals surface area contributed by atoms with Crippen LogP contribution in [0.15, 0.2) is 199 Å². The van der Waals surface area contributed by atoms with Gasteiger partial charge in [-0.15, -0.1) is 22.7 Å². The maximum atomic E-state index is 6.98. The van der Waals surface area contributed by atoms with E-state index in [9.17, 15) is 0 Å². The summed E-state index contributed by atoms with van der Waals surface area (Å²) in [5.74, 6) is 1.38. The number of pyridine rings is 2. The molecular formula is C50H32N4OS2. The summed E-state index contributed by atoms with van der Waals surface area (Å²) in [4.78, 5) is 16.0. The van der Waals surface area contributed by atoms with E-state index in [4.69, 9.17) is 4.42 Å². The molecule has 0 aliphatic rings. The average Bonchev–Trinajstić information content (AvgIpc) is 4.04. The maximum Gasteiger partial charge on any atom is 0.207 e. The third-order valence-electron chi connectivity index (χ3n) is 10.4. The molecule has 57 heavy (non-hydrogen) atoms. The van der Waals surface area contributed by atoms with Crippen molar-refractivity contribution in [3.8, 4) is 20.9 Å². The molecule has 0 fully saturated rings. The van der Waals surface area contributed by atoms with E-state index in [-0.39, 0.29) is 0 Å². The molecule has 0 amide bonds. The van der Waals surface area contributed by atoms with Gasteiger partial charge in [0.2, 0.25) is 11.8 Å². The topological polar surface area (TPSA) is 45.4 Å². The Hall–Kier alpha value is -7.06. The monoisotopic (exact) mass is 768 g/mol. The van der Waals surface area contributed by atoms with Crippen LogP contribution in [0.25, 0.3) is 62.9 Å². The Morgan fingerprint density at radius 3 is 1.25 bits per heavy atom. The van der Waals surface area contributed by atoms with E-state index in [0.29, 0.717) is 11.8 Å². The lowest BCUT2D eigenvalue weighted by Crippen LogP contribution is -2.10. The molecule has 0 aliphatic heterocycles. The first-order chi connectivity index (χ1) is 28.2. The summed E-state index contributed by atoms with van der Waals surface area (Å²) in [6.07, 6.45) is 3.66. The van der Waals surface area contributed by atoms with Crippen molar-refractivity contribution < 1.29 is 4.42 Å². The van der Waals surface area contributed by atoms with Gasteiger partial charge in [0.25, 0.3) is 0 Å². The van der Waals surface area contributed by atoms with Gasteiger partial charge in [0.05, 0.1) is 11.0 Å². The number of thiophene rings is 2. The molecule has 0 saturated heterocycles. The number of anilines is 6. The number of nitrogens with zero attached hydrogens (tertiary/aromatic N) is 4. The lowest BCUT2D eigenvalue weighted by molar-refractivity contribution is 0.580. The zero-order valence-corrected chi connectivity index (χ0v) is 32.1. The molecule has 0 aliphatic carbocycles. The molecule has 0 bridgehead atoms. The molecular weight excluding hydrogens is 737 g/mol. The van der Waals surface area contributed by atoms with Crippen LogP contribution in [0.3, 0.4) is 0 Å². The normalized spacial score (nSPS) is 11.5. The minimum Gasteiger partial charge on any atom is -0.424 e. The molecule has 0 unspecified atom stereocenters. The molecule has 11 rings (SSSR count). The van der Waals surface area contributed by atoms with Gasteiger partial charge in [0.1, 0.15) is 0 Å². The summed E-state index contributed by atoms with van der Waals surface area (Å²) in [5.41, 5.74) is 8.16. The minimum absolute atomic E-state index is 0.692. The van der Waals surface area contributed by atoms with Crippen LogP contribution in [0.1, 0.15) is 0 Å². The van der Waals surface area contributed by atoms with Gasteiger partial charge in [0, 0.05) is 77.2 Å². The lowest BCUT2D eigenvalue weighted by atomic mass is 10.1. The number of furan rings is 1. The quantitative estimate of drug-likeness (QED) is 0.154. The second-order valence-corrected chi connectivity index (χ2v) is 16.1. The van der Waals surface area contributed by atoms with Crippen molar-refractivity contribution in [2.75, 3.05) is 9.80 Å². The molecule has 11 aromatic rings. The third kappa shape index (κ3) is 6.19. The van der Waals surface area contributed by atoms with Crippen molar-refractivity contribution in [2.24, 2.45) is 0 Å². The van der Waals surface area contributed by atoms with E-state index in [0.717, 1.165) is 44.6 Å². The van der Waals surface area contributed by atoms with Crippen LogP contribution < -0.4 is 9.80 Å². The average molecular weight is 769 g/mol. The van der Waals surface area contributed by atoms with Gasteiger partial charge in [0.15, 0.2) is 0 Å². The van der Waals surface area contributed by atoms with Gasteiger partial charge in [-0.3, -0.25) is 19.8 Å². The van der Waals surface area contributed by atoms with Crippen molar-refractivity contribution in [3.05, 3.63) is 194 Å². The largest absolute Gasteiger partial charge is 0.424 e. The molecule has 0 atom stereocenters. The van der Waals surface area contributed by atoms with Crippen LogP contribution in [0.4, 0.5) is 34.5 Å². The van der Waals surface area contributed by atoms with Crippen molar-refractivity contribution in [2.45, 2.75) is 0 Å². The highest BCUT2D eigenvalue weighted by atomic mass is 32.1. The molecule has 6 aromatic carbocycles. The molecule has 5 aromatic heterocycles. The van der Waals surface area contributed by atoms with Gasteiger partial charge in [-0.2, -0.15) is 0 Å². The van der Waals surface area contributed by atoms with Crippen LogP contribution in [-0.4, -0.2) is 9.97 Å². The highest BCUT2D eigenvalue weighted by molar-refractivity contribution is 7.22. The molecule has 0 saturated carbocycles. The number of aromatic nitrogens is 2. The fourth-order valence-corrected chi connectivity index (χ4v) is 9.70. The molecule has 7 heteroatoms. The molecule has 270 valence electrons. The Morgan fingerprint density at radius 1 is 0.368 bits per heavy atom. The van der Waals surface area contributed by atoms with E-state index in [1.165, 1.54) is 41.1 Å². The summed E-state index contributed by atoms with van der Waals surface area (Å²) < 4.78 is 9.55. The summed E-state index contributed by atoms with van der Waals surface area (Å²) in [7, 11) is 0. The van der Waals surface area contributed by atoms with Gasteiger partial charge in [-0.05, 0) is 119 Å². The molecule has 5 heterocycles. The smallest absolute Gasteiger partial charge is 0.207 e. The maximum absolute atomic E-state index is 6.98. The van der Waals surface area contributed by atoms with Gasteiger partial charge in [-0.25, -0.2) is 0 Å². The van der Waals surface area contributed by atoms with Crippen LogP contribution in [0, 0.1) is 0 Å². The summed E-state index contributed by atoms with van der Waals surface area (Å²) in [6, 6.07) is 64.1. The van der Waals surface area contributed by atoms with Crippen LogP contribution in [0.5, 0.6) is 0 Å². The van der Waals surface area contributed by atoms with Gasteiger partial charge >= 0.3 is 0 Å². The standard InChI is InChI=1S/C50H32N4OS2/c1-3-11-45-37(7-1)31-47(56-45)33-13-17-39(18-14-33)53(41-21-23-43-35(29-41)9-5-27-51-43)49-25-26-50(55-49)54(42-22-24-44-36(30-42)10-6-28-52-44)40-19-15-34(16-20-40)48-32-38-8-2-4-12-46(38)57-48/h1-32H. The summed E-state index contributed by atoms with van der Waals surface area (Å²) >= 11 is 3.63. The Labute approximate surface area is 337 Å². The highest BCUT2D eigenvalue weighted by Gasteiger charge is 2.22. The Balaban J connectivity index is 1.01. The van der Waals surface area contributed by atoms with Crippen molar-refractivity contribution in [3.63, 3.8) is 0 Å². The van der Waals surface area contributed by atoms with Crippen molar-refractivity contribution >= 4 is 99.2 Å². The number of hydrogen-bond acceptors (Lipinski definition) is 7.